The van der Waals surface area contributed by atoms with E-state index in [9.17, 15) is 4.79 Å². The predicted molar refractivity (Wildman–Crippen MR) is 72.2 cm³/mol. The number of aromatic nitrogens is 2. The van der Waals surface area contributed by atoms with Gasteiger partial charge in [-0.1, -0.05) is 12.1 Å². The zero-order chi connectivity index (χ0) is 13.8. The van der Waals surface area contributed by atoms with Gasteiger partial charge in [-0.25, -0.2) is 9.97 Å². The molecule has 1 heterocycles. The standard InChI is InChI=1S/C13H14N4O2/c1-8-11(7-15-13(14)16-8)17-10-4-2-9(3-5-10)6-12(18)19/h2-5,7,17H,6H2,1H3,(H,18,19)(H2,14,15,16). The van der Waals surface area contributed by atoms with Gasteiger partial charge in [0.1, 0.15) is 0 Å². The summed E-state index contributed by atoms with van der Waals surface area (Å²) in [6.45, 7) is 1.83. The van der Waals surface area contributed by atoms with Crippen LogP contribution in [0.3, 0.4) is 0 Å². The number of carbonyl (C=O) groups is 1. The molecule has 0 unspecified atom stereocenters. The summed E-state index contributed by atoms with van der Waals surface area (Å²) in [4.78, 5) is 18.5. The molecule has 6 nitrogen and oxygen atoms in total. The SMILES string of the molecule is Cc1nc(N)ncc1Nc1ccc(CC(=O)O)cc1. The predicted octanol–water partition coefficient (Wildman–Crippen LogP) is 1.74. The quantitative estimate of drug-likeness (QED) is 0.772. The number of aryl methyl sites for hydroxylation is 1. The lowest BCUT2D eigenvalue weighted by Crippen LogP contribution is -2.02. The van der Waals surface area contributed by atoms with Crippen LogP contribution in [-0.4, -0.2) is 21.0 Å². The van der Waals surface area contributed by atoms with Crippen LogP contribution in [0, 0.1) is 6.92 Å². The van der Waals surface area contributed by atoms with Gasteiger partial charge in [0, 0.05) is 5.69 Å². The van der Waals surface area contributed by atoms with Crippen LogP contribution in [0.1, 0.15) is 11.3 Å². The number of nitrogens with one attached hydrogen (secondary N) is 1. The van der Waals surface area contributed by atoms with E-state index in [1.807, 2.05) is 19.1 Å². The van der Waals surface area contributed by atoms with Crippen molar-refractivity contribution >= 4 is 23.3 Å². The number of hydrogen-bond donors (Lipinski definition) is 3. The Labute approximate surface area is 110 Å². The Morgan fingerprint density at radius 1 is 1.37 bits per heavy atom. The van der Waals surface area contributed by atoms with Crippen molar-refractivity contribution in [2.24, 2.45) is 0 Å². The molecule has 1 aromatic carbocycles. The lowest BCUT2D eigenvalue weighted by molar-refractivity contribution is -0.136. The van der Waals surface area contributed by atoms with Gasteiger partial charge in [-0.05, 0) is 24.6 Å². The second-order valence-corrected chi connectivity index (χ2v) is 4.12. The van der Waals surface area contributed by atoms with Gasteiger partial charge in [0.25, 0.3) is 0 Å². The number of rotatable bonds is 4. The molecule has 0 amide bonds. The van der Waals surface area contributed by atoms with Crippen LogP contribution in [-0.2, 0) is 11.2 Å². The molecule has 0 spiro atoms. The molecule has 0 aliphatic rings. The second-order valence-electron chi connectivity index (χ2n) is 4.12. The van der Waals surface area contributed by atoms with Gasteiger partial charge < -0.3 is 16.2 Å². The number of nitrogen functional groups attached to an aromatic ring is 1. The van der Waals surface area contributed by atoms with Gasteiger partial charge in [-0.15, -0.1) is 0 Å². The third kappa shape index (κ3) is 3.41. The Kier molecular flexibility index (Phi) is 3.61. The highest BCUT2D eigenvalue weighted by molar-refractivity contribution is 5.70. The summed E-state index contributed by atoms with van der Waals surface area (Å²) < 4.78 is 0. The van der Waals surface area contributed by atoms with Crippen LogP contribution in [0.15, 0.2) is 30.5 Å². The smallest absolute Gasteiger partial charge is 0.307 e. The first-order chi connectivity index (χ1) is 9.04. The summed E-state index contributed by atoms with van der Waals surface area (Å²) in [6.07, 6.45) is 1.63. The van der Waals surface area contributed by atoms with E-state index in [1.54, 1.807) is 18.3 Å². The van der Waals surface area contributed by atoms with Crippen LogP contribution in [0.5, 0.6) is 0 Å². The van der Waals surface area contributed by atoms with Crippen LogP contribution >= 0.6 is 0 Å². The highest BCUT2D eigenvalue weighted by Crippen LogP contribution is 2.19. The molecule has 1 aromatic heterocycles. The van der Waals surface area contributed by atoms with Crippen LogP contribution in [0.2, 0.25) is 0 Å². The van der Waals surface area contributed by atoms with Gasteiger partial charge in [0.05, 0.1) is 24.0 Å². The van der Waals surface area contributed by atoms with Gasteiger partial charge in [0.15, 0.2) is 0 Å². The normalized spacial score (nSPS) is 10.2. The maximum absolute atomic E-state index is 10.6. The van der Waals surface area contributed by atoms with Gasteiger partial charge >= 0.3 is 5.97 Å². The molecule has 0 fully saturated rings. The molecule has 6 heteroatoms. The molecule has 2 aromatic rings. The summed E-state index contributed by atoms with van der Waals surface area (Å²) in [5, 5.41) is 11.8. The number of nitrogens with two attached hydrogens (primary N) is 1. The number of benzene rings is 1. The van der Waals surface area contributed by atoms with Crippen LogP contribution in [0.4, 0.5) is 17.3 Å². The zero-order valence-electron chi connectivity index (χ0n) is 10.4. The van der Waals surface area contributed by atoms with Crippen molar-refractivity contribution in [2.75, 3.05) is 11.1 Å². The molecule has 19 heavy (non-hydrogen) atoms. The van der Waals surface area contributed by atoms with E-state index in [1.165, 1.54) is 0 Å². The zero-order valence-corrected chi connectivity index (χ0v) is 10.4. The third-order valence-corrected chi connectivity index (χ3v) is 2.59. The van der Waals surface area contributed by atoms with Crippen LogP contribution < -0.4 is 11.1 Å². The molecule has 0 atom stereocenters. The van der Waals surface area contributed by atoms with Crippen molar-refractivity contribution < 1.29 is 9.90 Å². The minimum atomic E-state index is -0.844. The molecule has 0 saturated heterocycles. The Morgan fingerprint density at radius 3 is 2.63 bits per heavy atom. The van der Waals surface area contributed by atoms with Crippen molar-refractivity contribution in [3.8, 4) is 0 Å². The molecular formula is C13H14N4O2. The average Bonchev–Trinajstić information content (AvgIpc) is 2.34. The number of carboxylic acid groups (broad SMARTS) is 1. The summed E-state index contributed by atoms with van der Waals surface area (Å²) >= 11 is 0. The fourth-order valence-electron chi connectivity index (χ4n) is 1.64. The third-order valence-electron chi connectivity index (χ3n) is 2.59. The maximum Gasteiger partial charge on any atom is 0.307 e. The monoisotopic (exact) mass is 258 g/mol. The second kappa shape index (κ2) is 5.34. The molecule has 2 rings (SSSR count). The highest BCUT2D eigenvalue weighted by atomic mass is 16.4. The van der Waals surface area contributed by atoms with E-state index in [0.29, 0.717) is 0 Å². The Balaban J connectivity index is 2.13. The molecular weight excluding hydrogens is 244 g/mol. The van der Waals surface area contributed by atoms with E-state index >= 15 is 0 Å². The maximum atomic E-state index is 10.6. The molecule has 0 radical (unpaired) electrons. The molecule has 4 N–H and O–H groups in total. The fraction of sp³-hybridized carbons (Fsp3) is 0.154. The van der Waals surface area contributed by atoms with Crippen molar-refractivity contribution in [2.45, 2.75) is 13.3 Å². The Hall–Kier alpha value is -2.63. The number of hydrogen-bond acceptors (Lipinski definition) is 5. The molecule has 0 aliphatic carbocycles. The number of nitrogens with zero attached hydrogens (tertiary/aromatic N) is 2. The topological polar surface area (TPSA) is 101 Å². The lowest BCUT2D eigenvalue weighted by atomic mass is 10.1. The van der Waals surface area contributed by atoms with E-state index in [4.69, 9.17) is 10.8 Å². The van der Waals surface area contributed by atoms with E-state index < -0.39 is 5.97 Å². The van der Waals surface area contributed by atoms with E-state index in [-0.39, 0.29) is 12.4 Å². The molecule has 0 aliphatic heterocycles. The van der Waals surface area contributed by atoms with Crippen LogP contribution in [0.25, 0.3) is 0 Å². The Bertz CT molecular complexity index is 596. The first-order valence-electron chi connectivity index (χ1n) is 5.71. The van der Waals surface area contributed by atoms with E-state index in [2.05, 4.69) is 15.3 Å². The minimum Gasteiger partial charge on any atom is -0.481 e. The van der Waals surface area contributed by atoms with Crippen molar-refractivity contribution in [1.29, 1.82) is 0 Å². The summed E-state index contributed by atoms with van der Waals surface area (Å²) in [6, 6.07) is 7.16. The van der Waals surface area contributed by atoms with E-state index in [0.717, 1.165) is 22.6 Å². The lowest BCUT2D eigenvalue weighted by Gasteiger charge is -2.09. The highest BCUT2D eigenvalue weighted by Gasteiger charge is 2.03. The summed E-state index contributed by atoms with van der Waals surface area (Å²) in [5.41, 5.74) is 8.59. The van der Waals surface area contributed by atoms with Gasteiger partial charge in [-0.2, -0.15) is 0 Å². The van der Waals surface area contributed by atoms with Gasteiger partial charge in [-0.3, -0.25) is 4.79 Å². The summed E-state index contributed by atoms with van der Waals surface area (Å²) in [5.74, 6) is -0.608. The van der Waals surface area contributed by atoms with Crippen molar-refractivity contribution in [1.82, 2.24) is 9.97 Å². The minimum absolute atomic E-state index is 0.0181. The first-order valence-corrected chi connectivity index (χ1v) is 5.71. The molecule has 0 bridgehead atoms. The molecule has 0 saturated carbocycles. The Morgan fingerprint density at radius 2 is 2.05 bits per heavy atom. The molecule has 98 valence electrons. The number of anilines is 3. The summed E-state index contributed by atoms with van der Waals surface area (Å²) in [7, 11) is 0. The van der Waals surface area contributed by atoms with Gasteiger partial charge in [0.2, 0.25) is 5.95 Å². The van der Waals surface area contributed by atoms with Crippen molar-refractivity contribution in [3.05, 3.63) is 41.7 Å². The largest absolute Gasteiger partial charge is 0.481 e. The fourth-order valence-corrected chi connectivity index (χ4v) is 1.64. The van der Waals surface area contributed by atoms with Crippen molar-refractivity contribution in [3.63, 3.8) is 0 Å². The average molecular weight is 258 g/mol. The number of carboxylic acids is 1. The first kappa shape index (κ1) is 12.8. The number of aliphatic carboxylic acids is 1.